The number of hydrogen-bond acceptors (Lipinski definition) is 5. The number of aliphatic imine (C=N–C) groups is 1. The molecule has 1 unspecified atom stereocenters. The Bertz CT molecular complexity index is 463. The van der Waals surface area contributed by atoms with E-state index in [2.05, 4.69) is 25.7 Å². The van der Waals surface area contributed by atoms with Crippen LogP contribution in [-0.2, 0) is 0 Å². The predicted molar refractivity (Wildman–Crippen MR) is 88.2 cm³/mol. The van der Waals surface area contributed by atoms with Crippen LogP contribution in [0, 0.1) is 0 Å². The molecule has 0 aromatic rings. The standard InChI is InChI=1S/C16H29N5/c1-4-5-8-14-19-16-15(20(14)10-7-6-9-17)13(3)12(2)11-21(16)18/h11,14H,4-10,17-18H2,1-3H3. The summed E-state index contributed by atoms with van der Waals surface area (Å²) >= 11 is 0. The first-order valence-electron chi connectivity index (χ1n) is 8.08. The summed E-state index contributed by atoms with van der Waals surface area (Å²) in [7, 11) is 0. The van der Waals surface area contributed by atoms with Gasteiger partial charge in [-0.1, -0.05) is 13.3 Å². The molecule has 0 aromatic carbocycles. The normalized spacial score (nSPS) is 21.7. The van der Waals surface area contributed by atoms with Crippen molar-refractivity contribution in [2.24, 2.45) is 16.6 Å². The van der Waals surface area contributed by atoms with Gasteiger partial charge in [0.05, 0.1) is 5.70 Å². The van der Waals surface area contributed by atoms with Gasteiger partial charge in [-0.05, 0) is 57.2 Å². The number of nitrogens with zero attached hydrogens (tertiary/aromatic N) is 3. The van der Waals surface area contributed by atoms with E-state index in [-0.39, 0.29) is 6.17 Å². The van der Waals surface area contributed by atoms with Gasteiger partial charge in [0.15, 0.2) is 5.84 Å². The zero-order chi connectivity index (χ0) is 15.4. The Morgan fingerprint density at radius 2 is 2.00 bits per heavy atom. The van der Waals surface area contributed by atoms with Crippen molar-refractivity contribution in [3.05, 3.63) is 23.0 Å². The summed E-state index contributed by atoms with van der Waals surface area (Å²) in [6, 6.07) is 0. The van der Waals surface area contributed by atoms with Crippen LogP contribution in [0.4, 0.5) is 0 Å². The number of fused-ring (bicyclic) bond motifs is 1. The highest BCUT2D eigenvalue weighted by atomic mass is 15.5. The Labute approximate surface area is 128 Å². The van der Waals surface area contributed by atoms with E-state index in [0.29, 0.717) is 0 Å². The summed E-state index contributed by atoms with van der Waals surface area (Å²) in [4.78, 5) is 7.32. The van der Waals surface area contributed by atoms with E-state index in [4.69, 9.17) is 16.6 Å². The largest absolute Gasteiger partial charge is 0.346 e. The lowest BCUT2D eigenvalue weighted by atomic mass is 10.0. The average Bonchev–Trinajstić information content (AvgIpc) is 2.82. The summed E-state index contributed by atoms with van der Waals surface area (Å²) in [6.07, 6.45) is 7.83. The highest BCUT2D eigenvalue weighted by molar-refractivity contribution is 6.02. The highest BCUT2D eigenvalue weighted by Gasteiger charge is 2.35. The second-order valence-electron chi connectivity index (χ2n) is 5.96. The molecule has 118 valence electrons. The molecule has 2 rings (SSSR count). The number of unbranched alkanes of at least 4 members (excludes halogenated alkanes) is 2. The lowest BCUT2D eigenvalue weighted by Gasteiger charge is -2.31. The van der Waals surface area contributed by atoms with Crippen LogP contribution in [0.5, 0.6) is 0 Å². The molecule has 0 fully saturated rings. The van der Waals surface area contributed by atoms with Gasteiger partial charge in [0.2, 0.25) is 0 Å². The van der Waals surface area contributed by atoms with Crippen LogP contribution in [-0.4, -0.2) is 35.0 Å². The summed E-state index contributed by atoms with van der Waals surface area (Å²) in [5.74, 6) is 7.05. The Morgan fingerprint density at radius 3 is 2.67 bits per heavy atom. The van der Waals surface area contributed by atoms with Gasteiger partial charge in [-0.3, -0.25) is 5.01 Å². The van der Waals surface area contributed by atoms with E-state index in [0.717, 1.165) is 38.2 Å². The number of allylic oxidation sites excluding steroid dienone is 2. The van der Waals surface area contributed by atoms with Crippen molar-refractivity contribution in [1.29, 1.82) is 0 Å². The van der Waals surface area contributed by atoms with Crippen molar-refractivity contribution >= 4 is 5.84 Å². The third-order valence-corrected chi connectivity index (χ3v) is 4.32. The fourth-order valence-electron chi connectivity index (χ4n) is 2.97. The Balaban J connectivity index is 2.24. The molecular formula is C16H29N5. The molecule has 1 atom stereocenters. The zero-order valence-corrected chi connectivity index (χ0v) is 13.6. The number of rotatable bonds is 7. The van der Waals surface area contributed by atoms with Crippen LogP contribution in [0.3, 0.4) is 0 Å². The number of amidine groups is 1. The second kappa shape index (κ2) is 7.09. The number of nitrogens with two attached hydrogens (primary N) is 2. The molecule has 5 heteroatoms. The lowest BCUT2D eigenvalue weighted by molar-refractivity contribution is 0.264. The van der Waals surface area contributed by atoms with Crippen LogP contribution in [0.2, 0.25) is 0 Å². The van der Waals surface area contributed by atoms with E-state index in [9.17, 15) is 0 Å². The minimum Gasteiger partial charge on any atom is -0.346 e. The van der Waals surface area contributed by atoms with Crippen LogP contribution in [0.25, 0.3) is 0 Å². The maximum absolute atomic E-state index is 6.13. The molecule has 0 radical (unpaired) electrons. The SMILES string of the molecule is CCCCC1N=C2C(=C(C)C(C)=CN2N)N1CCCCN. The number of hydrazine groups is 1. The summed E-state index contributed by atoms with van der Waals surface area (Å²) in [5, 5.41) is 1.68. The Morgan fingerprint density at radius 1 is 1.24 bits per heavy atom. The Kier molecular flexibility index (Phi) is 5.42. The minimum absolute atomic E-state index is 0.230. The highest BCUT2D eigenvalue weighted by Crippen LogP contribution is 2.33. The molecule has 4 N–H and O–H groups in total. The number of hydrogen-bond donors (Lipinski definition) is 2. The molecule has 5 nitrogen and oxygen atoms in total. The first kappa shape index (κ1) is 16.0. The van der Waals surface area contributed by atoms with Gasteiger partial charge in [-0.2, -0.15) is 0 Å². The van der Waals surface area contributed by atoms with E-state index >= 15 is 0 Å². The van der Waals surface area contributed by atoms with Crippen molar-refractivity contribution in [3.8, 4) is 0 Å². The van der Waals surface area contributed by atoms with Gasteiger partial charge in [-0.25, -0.2) is 10.8 Å². The first-order chi connectivity index (χ1) is 10.1. The smallest absolute Gasteiger partial charge is 0.168 e. The van der Waals surface area contributed by atoms with E-state index in [1.165, 1.54) is 29.7 Å². The third kappa shape index (κ3) is 3.30. The second-order valence-corrected chi connectivity index (χ2v) is 5.96. The van der Waals surface area contributed by atoms with Crippen LogP contribution in [0.15, 0.2) is 28.0 Å². The van der Waals surface area contributed by atoms with E-state index < -0.39 is 0 Å². The zero-order valence-electron chi connectivity index (χ0n) is 13.6. The van der Waals surface area contributed by atoms with Gasteiger partial charge in [0.1, 0.15) is 6.17 Å². The molecule has 0 aliphatic carbocycles. The monoisotopic (exact) mass is 291 g/mol. The molecule has 2 aliphatic rings. The predicted octanol–water partition coefficient (Wildman–Crippen LogP) is 2.32. The van der Waals surface area contributed by atoms with Gasteiger partial charge < -0.3 is 10.6 Å². The molecule has 2 heterocycles. The van der Waals surface area contributed by atoms with Crippen molar-refractivity contribution in [3.63, 3.8) is 0 Å². The molecule has 0 bridgehead atoms. The Hall–Kier alpha value is -1.33. The molecular weight excluding hydrogens is 262 g/mol. The van der Waals surface area contributed by atoms with Gasteiger partial charge in [-0.15, -0.1) is 0 Å². The third-order valence-electron chi connectivity index (χ3n) is 4.32. The quantitative estimate of drug-likeness (QED) is 0.558. The van der Waals surface area contributed by atoms with Gasteiger partial charge in [0.25, 0.3) is 0 Å². The van der Waals surface area contributed by atoms with Crippen molar-refractivity contribution < 1.29 is 0 Å². The average molecular weight is 291 g/mol. The molecule has 0 saturated carbocycles. The maximum atomic E-state index is 6.13. The van der Waals surface area contributed by atoms with E-state index in [1.807, 2.05) is 6.20 Å². The van der Waals surface area contributed by atoms with Crippen LogP contribution in [0.1, 0.15) is 52.9 Å². The van der Waals surface area contributed by atoms with E-state index in [1.54, 1.807) is 5.01 Å². The first-order valence-corrected chi connectivity index (χ1v) is 8.08. The molecule has 21 heavy (non-hydrogen) atoms. The molecule has 2 aliphatic heterocycles. The maximum Gasteiger partial charge on any atom is 0.168 e. The topological polar surface area (TPSA) is 70.9 Å². The summed E-state index contributed by atoms with van der Waals surface area (Å²) in [5.41, 5.74) is 9.36. The fourth-order valence-corrected chi connectivity index (χ4v) is 2.97. The lowest BCUT2D eigenvalue weighted by Crippen LogP contribution is -2.39. The molecule has 0 aromatic heterocycles. The minimum atomic E-state index is 0.230. The van der Waals surface area contributed by atoms with Crippen LogP contribution >= 0.6 is 0 Å². The van der Waals surface area contributed by atoms with Gasteiger partial charge in [0, 0.05) is 12.7 Å². The fraction of sp³-hybridized carbons (Fsp3) is 0.688. The van der Waals surface area contributed by atoms with Crippen molar-refractivity contribution in [2.45, 2.75) is 59.0 Å². The van der Waals surface area contributed by atoms with Crippen molar-refractivity contribution in [1.82, 2.24) is 9.91 Å². The van der Waals surface area contributed by atoms with Crippen molar-refractivity contribution in [2.75, 3.05) is 13.1 Å². The molecule has 0 saturated heterocycles. The van der Waals surface area contributed by atoms with Crippen LogP contribution < -0.4 is 11.6 Å². The molecule has 0 amide bonds. The summed E-state index contributed by atoms with van der Waals surface area (Å²) in [6.45, 7) is 8.26. The van der Waals surface area contributed by atoms with Gasteiger partial charge >= 0.3 is 0 Å². The molecule has 0 spiro atoms. The summed E-state index contributed by atoms with van der Waals surface area (Å²) < 4.78 is 0.